The number of aliphatic hydroxyl groups is 1. The van der Waals surface area contributed by atoms with E-state index in [2.05, 4.69) is 5.32 Å². The van der Waals surface area contributed by atoms with Gasteiger partial charge in [-0.3, -0.25) is 4.79 Å². The van der Waals surface area contributed by atoms with Gasteiger partial charge in [0.15, 0.2) is 0 Å². The number of aliphatic hydroxyl groups excluding tert-OH is 1. The summed E-state index contributed by atoms with van der Waals surface area (Å²) >= 11 is 0. The molecule has 94 valence electrons. The van der Waals surface area contributed by atoms with Gasteiger partial charge in [0, 0.05) is 17.7 Å². The molecule has 4 heteroatoms. The lowest BCUT2D eigenvalue weighted by Gasteiger charge is -2.11. The van der Waals surface area contributed by atoms with Crippen molar-refractivity contribution >= 4 is 11.6 Å². The predicted molar refractivity (Wildman–Crippen MR) is 68.4 cm³/mol. The molecular weight excluding hydrogens is 216 g/mol. The van der Waals surface area contributed by atoms with Crippen molar-refractivity contribution in [3.8, 4) is 0 Å². The second-order valence-corrected chi connectivity index (χ2v) is 4.24. The molecule has 0 saturated carbocycles. The van der Waals surface area contributed by atoms with Gasteiger partial charge in [-0.15, -0.1) is 0 Å². The van der Waals surface area contributed by atoms with Crippen molar-refractivity contribution in [2.45, 2.75) is 26.4 Å². The number of nitrogens with one attached hydrogen (secondary N) is 1. The third-order valence-corrected chi connectivity index (χ3v) is 2.73. The average molecular weight is 236 g/mol. The predicted octanol–water partition coefficient (Wildman–Crippen LogP) is 1.49. The Labute approximate surface area is 102 Å². The highest BCUT2D eigenvalue weighted by atomic mass is 16.3. The van der Waals surface area contributed by atoms with E-state index in [4.69, 9.17) is 10.8 Å². The summed E-state index contributed by atoms with van der Waals surface area (Å²) in [7, 11) is 0. The fourth-order valence-corrected chi connectivity index (χ4v) is 1.49. The Bertz CT molecular complexity index is 366. The SMILES string of the molecule is CC(CN)CCC(=O)Nc1ccccc1CO. The maximum atomic E-state index is 11.7. The lowest BCUT2D eigenvalue weighted by atomic mass is 10.1. The molecule has 0 aliphatic heterocycles. The van der Waals surface area contributed by atoms with E-state index in [1.165, 1.54) is 0 Å². The zero-order chi connectivity index (χ0) is 12.7. The minimum absolute atomic E-state index is 0.0359. The highest BCUT2D eigenvalue weighted by Gasteiger charge is 2.07. The van der Waals surface area contributed by atoms with E-state index in [0.717, 1.165) is 12.0 Å². The highest BCUT2D eigenvalue weighted by molar-refractivity contribution is 5.91. The number of nitrogens with two attached hydrogens (primary N) is 1. The molecule has 1 rings (SSSR count). The molecule has 4 N–H and O–H groups in total. The Kier molecular flexibility index (Phi) is 5.66. The van der Waals surface area contributed by atoms with Gasteiger partial charge in [-0.25, -0.2) is 0 Å². The summed E-state index contributed by atoms with van der Waals surface area (Å²) in [6, 6.07) is 7.24. The summed E-state index contributed by atoms with van der Waals surface area (Å²) in [5.74, 6) is 0.319. The van der Waals surface area contributed by atoms with E-state index >= 15 is 0 Å². The average Bonchev–Trinajstić information content (AvgIpc) is 2.36. The van der Waals surface area contributed by atoms with Crippen LogP contribution in [0.1, 0.15) is 25.3 Å². The van der Waals surface area contributed by atoms with Crippen molar-refractivity contribution in [3.63, 3.8) is 0 Å². The lowest BCUT2D eigenvalue weighted by molar-refractivity contribution is -0.116. The summed E-state index contributed by atoms with van der Waals surface area (Å²) in [5.41, 5.74) is 6.90. The number of hydrogen-bond donors (Lipinski definition) is 3. The molecule has 1 aromatic rings. The van der Waals surface area contributed by atoms with Gasteiger partial charge in [0.1, 0.15) is 0 Å². The molecule has 0 spiro atoms. The molecule has 4 nitrogen and oxygen atoms in total. The van der Waals surface area contributed by atoms with Crippen LogP contribution < -0.4 is 11.1 Å². The Hall–Kier alpha value is -1.39. The van der Waals surface area contributed by atoms with Crippen molar-refractivity contribution < 1.29 is 9.90 Å². The van der Waals surface area contributed by atoms with Crippen molar-refractivity contribution in [3.05, 3.63) is 29.8 Å². The summed E-state index contributed by atoms with van der Waals surface area (Å²) in [6.45, 7) is 2.55. The summed E-state index contributed by atoms with van der Waals surface area (Å²) in [5, 5.41) is 11.9. The molecule has 0 saturated heterocycles. The van der Waals surface area contributed by atoms with Crippen LogP contribution in [0.3, 0.4) is 0 Å². The van der Waals surface area contributed by atoms with Crippen LogP contribution in [0.25, 0.3) is 0 Å². The molecule has 1 atom stereocenters. The van der Waals surface area contributed by atoms with Crippen LogP contribution in [-0.4, -0.2) is 17.6 Å². The van der Waals surface area contributed by atoms with Crippen LogP contribution >= 0.6 is 0 Å². The second kappa shape index (κ2) is 7.04. The molecule has 0 bridgehead atoms. The van der Waals surface area contributed by atoms with Crippen LogP contribution in [-0.2, 0) is 11.4 Å². The van der Waals surface area contributed by atoms with Gasteiger partial charge in [-0.2, -0.15) is 0 Å². The molecule has 1 unspecified atom stereocenters. The lowest BCUT2D eigenvalue weighted by Crippen LogP contribution is -2.17. The first-order valence-corrected chi connectivity index (χ1v) is 5.86. The highest BCUT2D eigenvalue weighted by Crippen LogP contribution is 2.15. The van der Waals surface area contributed by atoms with E-state index in [9.17, 15) is 4.79 Å². The molecule has 0 aliphatic carbocycles. The van der Waals surface area contributed by atoms with Gasteiger partial charge < -0.3 is 16.2 Å². The molecule has 0 radical (unpaired) electrons. The van der Waals surface area contributed by atoms with Gasteiger partial charge in [0.25, 0.3) is 0 Å². The van der Waals surface area contributed by atoms with E-state index in [1.807, 2.05) is 19.1 Å². The van der Waals surface area contributed by atoms with Gasteiger partial charge in [-0.05, 0) is 24.9 Å². The first-order chi connectivity index (χ1) is 8.17. The maximum absolute atomic E-state index is 11.7. The van der Waals surface area contributed by atoms with Crippen molar-refractivity contribution in [1.82, 2.24) is 0 Å². The summed E-state index contributed by atoms with van der Waals surface area (Å²) in [4.78, 5) is 11.7. The molecule has 1 aromatic carbocycles. The molecule has 17 heavy (non-hydrogen) atoms. The molecule has 0 aliphatic rings. The topological polar surface area (TPSA) is 75.4 Å². The smallest absolute Gasteiger partial charge is 0.224 e. The van der Waals surface area contributed by atoms with Crippen molar-refractivity contribution in [1.29, 1.82) is 0 Å². The Morgan fingerprint density at radius 3 is 2.82 bits per heavy atom. The third-order valence-electron chi connectivity index (χ3n) is 2.73. The quantitative estimate of drug-likeness (QED) is 0.700. The van der Waals surface area contributed by atoms with Crippen LogP contribution in [0.15, 0.2) is 24.3 Å². The Morgan fingerprint density at radius 2 is 2.18 bits per heavy atom. The van der Waals surface area contributed by atoms with E-state index in [1.54, 1.807) is 12.1 Å². The maximum Gasteiger partial charge on any atom is 0.224 e. The molecule has 0 fully saturated rings. The number of carbonyl (C=O) groups is 1. The molecule has 0 aromatic heterocycles. The van der Waals surface area contributed by atoms with Gasteiger partial charge in [0.2, 0.25) is 5.91 Å². The minimum atomic E-state index is -0.0738. The van der Waals surface area contributed by atoms with Crippen LogP contribution in [0, 0.1) is 5.92 Å². The number of benzene rings is 1. The number of amides is 1. The van der Waals surface area contributed by atoms with Gasteiger partial charge in [0.05, 0.1) is 6.61 Å². The van der Waals surface area contributed by atoms with E-state index < -0.39 is 0 Å². The summed E-state index contributed by atoms with van der Waals surface area (Å²) < 4.78 is 0. The van der Waals surface area contributed by atoms with Crippen molar-refractivity contribution in [2.24, 2.45) is 11.7 Å². The Morgan fingerprint density at radius 1 is 1.47 bits per heavy atom. The Balaban J connectivity index is 2.50. The zero-order valence-electron chi connectivity index (χ0n) is 10.1. The zero-order valence-corrected chi connectivity index (χ0v) is 10.1. The van der Waals surface area contributed by atoms with Crippen LogP contribution in [0.2, 0.25) is 0 Å². The van der Waals surface area contributed by atoms with Gasteiger partial charge >= 0.3 is 0 Å². The standard InChI is InChI=1S/C13H20N2O2/c1-10(8-14)6-7-13(17)15-12-5-3-2-4-11(12)9-16/h2-5,10,16H,6-9,14H2,1H3,(H,15,17). The number of anilines is 1. The number of para-hydroxylation sites is 1. The normalized spacial score (nSPS) is 12.2. The molecule has 0 heterocycles. The number of rotatable bonds is 6. The largest absolute Gasteiger partial charge is 0.392 e. The number of carbonyl (C=O) groups excluding carboxylic acids is 1. The van der Waals surface area contributed by atoms with Gasteiger partial charge in [-0.1, -0.05) is 25.1 Å². The van der Waals surface area contributed by atoms with Crippen LogP contribution in [0.5, 0.6) is 0 Å². The van der Waals surface area contributed by atoms with Crippen LogP contribution in [0.4, 0.5) is 5.69 Å². The summed E-state index contributed by atoms with van der Waals surface area (Å²) in [6.07, 6.45) is 1.24. The fraction of sp³-hybridized carbons (Fsp3) is 0.462. The third kappa shape index (κ3) is 4.54. The van der Waals surface area contributed by atoms with Crippen molar-refractivity contribution in [2.75, 3.05) is 11.9 Å². The second-order valence-electron chi connectivity index (χ2n) is 4.24. The van der Waals surface area contributed by atoms with E-state index in [0.29, 0.717) is 24.6 Å². The van der Waals surface area contributed by atoms with E-state index in [-0.39, 0.29) is 12.5 Å². The molecule has 1 amide bonds. The fourth-order valence-electron chi connectivity index (χ4n) is 1.49. The first kappa shape index (κ1) is 13.7. The first-order valence-electron chi connectivity index (χ1n) is 5.86. The monoisotopic (exact) mass is 236 g/mol. The number of hydrogen-bond acceptors (Lipinski definition) is 3. The molecular formula is C13H20N2O2. The minimum Gasteiger partial charge on any atom is -0.392 e.